The summed E-state index contributed by atoms with van der Waals surface area (Å²) >= 11 is 0. The molecule has 1 aliphatic rings. The first kappa shape index (κ1) is 12.9. The zero-order valence-electron chi connectivity index (χ0n) is 11.7. The summed E-state index contributed by atoms with van der Waals surface area (Å²) in [5.41, 5.74) is 3.23. The number of esters is 1. The Bertz CT molecular complexity index is 712. The van der Waals surface area contributed by atoms with E-state index in [1.54, 1.807) is 6.92 Å². The van der Waals surface area contributed by atoms with Crippen LogP contribution in [-0.2, 0) is 11.3 Å². The number of Topliss-reactive ketones (excluding diaryl/α,β-unsaturated/α-hetero) is 1. The van der Waals surface area contributed by atoms with Crippen LogP contribution in [0.2, 0.25) is 0 Å². The van der Waals surface area contributed by atoms with Crippen LogP contribution >= 0.6 is 0 Å². The maximum absolute atomic E-state index is 12.2. The first-order valence-corrected chi connectivity index (χ1v) is 6.96. The quantitative estimate of drug-likeness (QED) is 0.788. The van der Waals surface area contributed by atoms with Crippen LogP contribution < -0.4 is 0 Å². The Morgan fingerprint density at radius 2 is 2.20 bits per heavy atom. The van der Waals surface area contributed by atoms with Crippen molar-refractivity contribution in [2.75, 3.05) is 6.61 Å². The van der Waals surface area contributed by atoms with Crippen LogP contribution in [0.3, 0.4) is 0 Å². The van der Waals surface area contributed by atoms with Crippen molar-refractivity contribution < 1.29 is 14.3 Å². The van der Waals surface area contributed by atoms with Crippen LogP contribution in [0.1, 0.15) is 46.2 Å². The van der Waals surface area contributed by atoms with Crippen molar-refractivity contribution in [2.24, 2.45) is 0 Å². The summed E-state index contributed by atoms with van der Waals surface area (Å²) < 4.78 is 7.07. The van der Waals surface area contributed by atoms with Crippen molar-refractivity contribution >= 4 is 22.7 Å². The molecule has 2 heterocycles. The van der Waals surface area contributed by atoms with Gasteiger partial charge >= 0.3 is 5.97 Å². The van der Waals surface area contributed by atoms with E-state index >= 15 is 0 Å². The Kier molecular flexibility index (Phi) is 3.08. The maximum Gasteiger partial charge on any atom is 0.354 e. The van der Waals surface area contributed by atoms with Gasteiger partial charge in [0.1, 0.15) is 5.69 Å². The van der Waals surface area contributed by atoms with Crippen LogP contribution in [0.25, 0.3) is 10.9 Å². The summed E-state index contributed by atoms with van der Waals surface area (Å²) in [6.45, 7) is 4.82. The lowest BCUT2D eigenvalue weighted by Crippen LogP contribution is -2.12. The monoisotopic (exact) mass is 271 g/mol. The molecular formula is C16H17NO3. The van der Waals surface area contributed by atoms with E-state index in [4.69, 9.17) is 4.74 Å². The van der Waals surface area contributed by atoms with Crippen molar-refractivity contribution in [1.82, 2.24) is 4.57 Å². The highest BCUT2D eigenvalue weighted by Gasteiger charge is 2.24. The van der Waals surface area contributed by atoms with E-state index in [1.807, 2.05) is 29.7 Å². The Morgan fingerprint density at radius 3 is 2.95 bits per heavy atom. The number of rotatable bonds is 2. The molecule has 4 heteroatoms. The Hall–Kier alpha value is -2.10. The molecule has 0 saturated carbocycles. The van der Waals surface area contributed by atoms with Gasteiger partial charge in [-0.25, -0.2) is 4.79 Å². The number of nitrogens with zero attached hydrogens (tertiary/aromatic N) is 1. The Labute approximate surface area is 117 Å². The highest BCUT2D eigenvalue weighted by atomic mass is 16.5. The van der Waals surface area contributed by atoms with E-state index in [0.29, 0.717) is 25.3 Å². The minimum Gasteiger partial charge on any atom is -0.461 e. The van der Waals surface area contributed by atoms with Gasteiger partial charge in [-0.05, 0) is 38.0 Å². The Morgan fingerprint density at radius 1 is 1.40 bits per heavy atom. The van der Waals surface area contributed by atoms with Gasteiger partial charge in [-0.1, -0.05) is 6.07 Å². The highest BCUT2D eigenvalue weighted by molar-refractivity contribution is 6.10. The molecule has 104 valence electrons. The van der Waals surface area contributed by atoms with Gasteiger partial charge in [-0.3, -0.25) is 4.79 Å². The van der Waals surface area contributed by atoms with Crippen molar-refractivity contribution in [1.29, 1.82) is 0 Å². The summed E-state index contributed by atoms with van der Waals surface area (Å²) in [6.07, 6.45) is 1.28. The largest absolute Gasteiger partial charge is 0.461 e. The summed E-state index contributed by atoms with van der Waals surface area (Å²) in [5.74, 6) is -0.161. The van der Waals surface area contributed by atoms with Crippen LogP contribution in [-0.4, -0.2) is 22.9 Å². The van der Waals surface area contributed by atoms with Gasteiger partial charge < -0.3 is 9.30 Å². The third-order valence-corrected chi connectivity index (χ3v) is 3.85. The maximum atomic E-state index is 12.2. The molecule has 4 nitrogen and oxygen atoms in total. The molecule has 0 aliphatic carbocycles. The molecule has 1 aromatic heterocycles. The van der Waals surface area contributed by atoms with Gasteiger partial charge in [0.15, 0.2) is 5.78 Å². The second kappa shape index (κ2) is 4.78. The van der Waals surface area contributed by atoms with Gasteiger partial charge in [-0.2, -0.15) is 0 Å². The summed E-state index contributed by atoms with van der Waals surface area (Å²) in [7, 11) is 0. The molecule has 0 spiro atoms. The third-order valence-electron chi connectivity index (χ3n) is 3.85. The third kappa shape index (κ3) is 1.83. The minimum atomic E-state index is -0.316. The number of carbonyl (C=O) groups is 2. The highest BCUT2D eigenvalue weighted by Crippen LogP contribution is 2.30. The second-order valence-electron chi connectivity index (χ2n) is 5.12. The normalized spacial score (nSPS) is 14.4. The summed E-state index contributed by atoms with van der Waals surface area (Å²) in [5, 5.41) is 0.973. The SMILES string of the molecule is CCOC(=O)c1cc2c(C)ccc3c2n1CCCC3=O. The van der Waals surface area contributed by atoms with E-state index in [1.165, 1.54) is 0 Å². The number of hydrogen-bond donors (Lipinski definition) is 0. The molecule has 0 unspecified atom stereocenters. The second-order valence-corrected chi connectivity index (χ2v) is 5.12. The zero-order chi connectivity index (χ0) is 14.3. The molecule has 0 saturated heterocycles. The molecule has 1 aromatic carbocycles. The molecule has 0 bridgehead atoms. The molecular weight excluding hydrogens is 254 g/mol. The minimum absolute atomic E-state index is 0.155. The predicted octanol–water partition coefficient (Wildman–Crippen LogP) is 3.10. The zero-order valence-corrected chi connectivity index (χ0v) is 11.7. The van der Waals surface area contributed by atoms with E-state index in [0.717, 1.165) is 28.5 Å². The molecule has 0 amide bonds. The topological polar surface area (TPSA) is 48.3 Å². The lowest BCUT2D eigenvalue weighted by molar-refractivity contribution is 0.0514. The molecule has 3 rings (SSSR count). The fourth-order valence-electron chi connectivity index (χ4n) is 2.88. The van der Waals surface area contributed by atoms with Crippen molar-refractivity contribution in [3.63, 3.8) is 0 Å². The lowest BCUT2D eigenvalue weighted by Gasteiger charge is -2.08. The average molecular weight is 271 g/mol. The lowest BCUT2D eigenvalue weighted by atomic mass is 10.0. The van der Waals surface area contributed by atoms with Gasteiger partial charge in [0, 0.05) is 23.9 Å². The fourth-order valence-corrected chi connectivity index (χ4v) is 2.88. The first-order chi connectivity index (χ1) is 9.63. The number of hydrogen-bond acceptors (Lipinski definition) is 3. The van der Waals surface area contributed by atoms with Gasteiger partial charge in [0.25, 0.3) is 0 Å². The number of ketones is 1. The summed E-state index contributed by atoms with van der Waals surface area (Å²) in [4.78, 5) is 24.3. The molecule has 2 aromatic rings. The Balaban J connectivity index is 2.31. The number of aromatic nitrogens is 1. The van der Waals surface area contributed by atoms with Crippen molar-refractivity contribution in [3.8, 4) is 0 Å². The average Bonchev–Trinajstić information content (AvgIpc) is 2.72. The summed E-state index contributed by atoms with van der Waals surface area (Å²) in [6, 6.07) is 5.67. The van der Waals surface area contributed by atoms with Crippen LogP contribution in [0.5, 0.6) is 0 Å². The van der Waals surface area contributed by atoms with E-state index in [9.17, 15) is 9.59 Å². The fraction of sp³-hybridized carbons (Fsp3) is 0.375. The van der Waals surface area contributed by atoms with E-state index in [2.05, 4.69) is 0 Å². The van der Waals surface area contributed by atoms with Crippen LogP contribution in [0.4, 0.5) is 0 Å². The smallest absolute Gasteiger partial charge is 0.354 e. The molecule has 20 heavy (non-hydrogen) atoms. The molecule has 0 radical (unpaired) electrons. The van der Waals surface area contributed by atoms with Gasteiger partial charge in [0.05, 0.1) is 12.1 Å². The number of carbonyl (C=O) groups excluding carboxylic acids is 2. The van der Waals surface area contributed by atoms with Gasteiger partial charge in [0.2, 0.25) is 0 Å². The standard InChI is InChI=1S/C16H17NO3/c1-3-20-16(19)13-9-12-10(2)6-7-11-14(18)5-4-8-17(13)15(11)12/h6-7,9H,3-5,8H2,1-2H3. The van der Waals surface area contributed by atoms with E-state index < -0.39 is 0 Å². The molecule has 1 aliphatic heterocycles. The number of aryl methyl sites for hydroxylation is 2. The van der Waals surface area contributed by atoms with Crippen molar-refractivity contribution in [3.05, 3.63) is 35.0 Å². The molecule has 0 atom stereocenters. The molecule has 0 fully saturated rings. The van der Waals surface area contributed by atoms with Crippen LogP contribution in [0.15, 0.2) is 18.2 Å². The predicted molar refractivity (Wildman–Crippen MR) is 76.2 cm³/mol. The molecule has 0 N–H and O–H groups in total. The van der Waals surface area contributed by atoms with Crippen LogP contribution in [0, 0.1) is 6.92 Å². The number of ether oxygens (including phenoxy) is 1. The van der Waals surface area contributed by atoms with E-state index in [-0.39, 0.29) is 11.8 Å². The van der Waals surface area contributed by atoms with Gasteiger partial charge in [-0.15, -0.1) is 0 Å². The number of benzene rings is 1. The first-order valence-electron chi connectivity index (χ1n) is 6.96. The van der Waals surface area contributed by atoms with Crippen molar-refractivity contribution in [2.45, 2.75) is 33.2 Å².